The van der Waals surface area contributed by atoms with Gasteiger partial charge in [0.2, 0.25) is 10.0 Å². The van der Waals surface area contributed by atoms with Crippen molar-refractivity contribution in [2.24, 2.45) is 5.73 Å². The number of nitrogens with zero attached hydrogens (tertiary/aromatic N) is 1. The standard InChI is InChI=1S/C12H19BrN2O2S/c1-4-15(9(2)3)18(16,17)12-6-5-10(8-14)7-11(12)13/h5-7,9H,4,8,14H2,1-3H3. The highest BCUT2D eigenvalue weighted by Crippen LogP contribution is 2.27. The molecule has 0 saturated carbocycles. The maximum atomic E-state index is 12.5. The summed E-state index contributed by atoms with van der Waals surface area (Å²) in [5.41, 5.74) is 6.43. The van der Waals surface area contributed by atoms with E-state index < -0.39 is 10.0 Å². The fourth-order valence-corrected chi connectivity index (χ4v) is 4.55. The van der Waals surface area contributed by atoms with Crippen LogP contribution in [0, 0.1) is 0 Å². The van der Waals surface area contributed by atoms with Crippen LogP contribution in [-0.4, -0.2) is 25.3 Å². The molecular formula is C12H19BrN2O2S. The Morgan fingerprint density at radius 1 is 1.39 bits per heavy atom. The quantitative estimate of drug-likeness (QED) is 0.898. The van der Waals surface area contributed by atoms with Gasteiger partial charge in [-0.2, -0.15) is 4.31 Å². The van der Waals surface area contributed by atoms with Crippen molar-refractivity contribution in [3.05, 3.63) is 28.2 Å². The lowest BCUT2D eigenvalue weighted by Crippen LogP contribution is -2.36. The average Bonchev–Trinajstić information content (AvgIpc) is 2.28. The molecule has 0 aliphatic carbocycles. The molecule has 0 atom stereocenters. The van der Waals surface area contributed by atoms with E-state index >= 15 is 0 Å². The van der Waals surface area contributed by atoms with E-state index in [0.29, 0.717) is 17.6 Å². The third-order valence-corrected chi connectivity index (χ3v) is 5.83. The van der Waals surface area contributed by atoms with Gasteiger partial charge in [0, 0.05) is 23.6 Å². The van der Waals surface area contributed by atoms with Crippen LogP contribution in [0.25, 0.3) is 0 Å². The largest absolute Gasteiger partial charge is 0.326 e. The summed E-state index contributed by atoms with van der Waals surface area (Å²) in [6.07, 6.45) is 0. The van der Waals surface area contributed by atoms with E-state index in [1.54, 1.807) is 18.2 Å². The molecular weight excluding hydrogens is 316 g/mol. The van der Waals surface area contributed by atoms with Crippen molar-refractivity contribution >= 4 is 26.0 Å². The Morgan fingerprint density at radius 2 is 2.00 bits per heavy atom. The Hall–Kier alpha value is -0.430. The molecule has 0 spiro atoms. The summed E-state index contributed by atoms with van der Waals surface area (Å²) < 4.78 is 27.0. The van der Waals surface area contributed by atoms with Crippen LogP contribution in [0.2, 0.25) is 0 Å². The maximum Gasteiger partial charge on any atom is 0.244 e. The summed E-state index contributed by atoms with van der Waals surface area (Å²) in [6.45, 7) is 6.40. The molecule has 0 saturated heterocycles. The topological polar surface area (TPSA) is 63.4 Å². The summed E-state index contributed by atoms with van der Waals surface area (Å²) in [5, 5.41) is 0. The number of hydrogen-bond acceptors (Lipinski definition) is 3. The molecule has 0 aromatic heterocycles. The summed E-state index contributed by atoms with van der Waals surface area (Å²) in [4.78, 5) is 0.287. The molecule has 0 aliphatic heterocycles. The Bertz CT molecular complexity index is 515. The van der Waals surface area contributed by atoms with E-state index in [1.165, 1.54) is 4.31 Å². The van der Waals surface area contributed by atoms with Crippen molar-refractivity contribution < 1.29 is 8.42 Å². The highest BCUT2D eigenvalue weighted by molar-refractivity contribution is 9.10. The molecule has 0 fully saturated rings. The van der Waals surface area contributed by atoms with Crippen molar-refractivity contribution in [2.75, 3.05) is 6.54 Å². The van der Waals surface area contributed by atoms with Gasteiger partial charge >= 0.3 is 0 Å². The van der Waals surface area contributed by atoms with Gasteiger partial charge in [0.25, 0.3) is 0 Å². The number of nitrogens with two attached hydrogens (primary N) is 1. The number of benzene rings is 1. The van der Waals surface area contributed by atoms with Crippen LogP contribution in [0.3, 0.4) is 0 Å². The van der Waals surface area contributed by atoms with Gasteiger partial charge in [-0.1, -0.05) is 13.0 Å². The van der Waals surface area contributed by atoms with Gasteiger partial charge in [-0.15, -0.1) is 0 Å². The van der Waals surface area contributed by atoms with Gasteiger partial charge in [0.15, 0.2) is 0 Å². The molecule has 0 radical (unpaired) electrons. The van der Waals surface area contributed by atoms with Crippen LogP contribution in [0.1, 0.15) is 26.3 Å². The second-order valence-corrected chi connectivity index (χ2v) is 6.98. The molecule has 0 heterocycles. The molecule has 0 unspecified atom stereocenters. The zero-order chi connectivity index (χ0) is 13.9. The summed E-state index contributed by atoms with van der Waals surface area (Å²) in [5.74, 6) is 0. The minimum absolute atomic E-state index is 0.0684. The minimum atomic E-state index is -3.46. The number of halogens is 1. The summed E-state index contributed by atoms with van der Waals surface area (Å²) >= 11 is 3.31. The monoisotopic (exact) mass is 334 g/mol. The minimum Gasteiger partial charge on any atom is -0.326 e. The van der Waals surface area contributed by atoms with E-state index in [2.05, 4.69) is 15.9 Å². The predicted octanol–water partition coefficient (Wildman–Crippen LogP) is 2.33. The lowest BCUT2D eigenvalue weighted by atomic mass is 10.2. The first-order valence-corrected chi connectivity index (χ1v) is 8.08. The Morgan fingerprint density at radius 3 is 2.39 bits per heavy atom. The fraction of sp³-hybridized carbons (Fsp3) is 0.500. The Labute approximate surface area is 117 Å². The molecule has 1 aromatic carbocycles. The molecule has 0 bridgehead atoms. The molecule has 0 aliphatic rings. The SMILES string of the molecule is CCN(C(C)C)S(=O)(=O)c1ccc(CN)cc1Br. The van der Waals surface area contributed by atoms with Crippen molar-refractivity contribution in [1.82, 2.24) is 4.31 Å². The van der Waals surface area contributed by atoms with E-state index in [4.69, 9.17) is 5.73 Å². The first kappa shape index (κ1) is 15.6. The molecule has 6 heteroatoms. The first-order chi connectivity index (χ1) is 8.34. The van der Waals surface area contributed by atoms with E-state index in [0.717, 1.165) is 5.56 Å². The Balaban J connectivity index is 3.28. The van der Waals surface area contributed by atoms with Crippen molar-refractivity contribution in [3.63, 3.8) is 0 Å². The highest BCUT2D eigenvalue weighted by atomic mass is 79.9. The molecule has 1 rings (SSSR count). The van der Waals surface area contributed by atoms with Crippen molar-refractivity contribution in [2.45, 2.75) is 38.3 Å². The van der Waals surface area contributed by atoms with Crippen LogP contribution >= 0.6 is 15.9 Å². The van der Waals surface area contributed by atoms with E-state index in [-0.39, 0.29) is 10.9 Å². The van der Waals surface area contributed by atoms with Gasteiger partial charge in [0.05, 0.1) is 4.90 Å². The van der Waals surface area contributed by atoms with Crippen LogP contribution in [-0.2, 0) is 16.6 Å². The van der Waals surface area contributed by atoms with E-state index in [1.807, 2.05) is 20.8 Å². The number of hydrogen-bond donors (Lipinski definition) is 1. The lowest BCUT2D eigenvalue weighted by Gasteiger charge is -2.25. The maximum absolute atomic E-state index is 12.5. The normalized spacial score (nSPS) is 12.4. The molecule has 4 nitrogen and oxygen atoms in total. The van der Waals surface area contributed by atoms with Crippen LogP contribution in [0.15, 0.2) is 27.6 Å². The zero-order valence-corrected chi connectivity index (χ0v) is 13.3. The molecule has 102 valence electrons. The first-order valence-electron chi connectivity index (χ1n) is 5.85. The van der Waals surface area contributed by atoms with Crippen molar-refractivity contribution in [3.8, 4) is 0 Å². The second-order valence-electron chi connectivity index (χ2n) is 4.27. The molecule has 18 heavy (non-hydrogen) atoms. The van der Waals surface area contributed by atoms with Crippen molar-refractivity contribution in [1.29, 1.82) is 0 Å². The van der Waals surface area contributed by atoms with Crippen LogP contribution in [0.5, 0.6) is 0 Å². The second kappa shape index (κ2) is 6.14. The summed E-state index contributed by atoms with van der Waals surface area (Å²) in [6, 6.07) is 5.03. The third-order valence-electron chi connectivity index (χ3n) is 2.71. The zero-order valence-electron chi connectivity index (χ0n) is 10.9. The summed E-state index contributed by atoms with van der Waals surface area (Å²) in [7, 11) is -3.46. The molecule has 1 aromatic rings. The number of sulfonamides is 1. The fourth-order valence-electron chi connectivity index (χ4n) is 1.82. The average molecular weight is 335 g/mol. The lowest BCUT2D eigenvalue weighted by molar-refractivity contribution is 0.369. The smallest absolute Gasteiger partial charge is 0.244 e. The van der Waals surface area contributed by atoms with Gasteiger partial charge in [-0.3, -0.25) is 0 Å². The van der Waals surface area contributed by atoms with Gasteiger partial charge in [-0.25, -0.2) is 8.42 Å². The molecule has 0 amide bonds. The predicted molar refractivity (Wildman–Crippen MR) is 76.7 cm³/mol. The third kappa shape index (κ3) is 3.12. The van der Waals surface area contributed by atoms with Crippen LogP contribution in [0.4, 0.5) is 0 Å². The number of rotatable bonds is 5. The highest BCUT2D eigenvalue weighted by Gasteiger charge is 2.27. The van der Waals surface area contributed by atoms with E-state index in [9.17, 15) is 8.42 Å². The van der Waals surface area contributed by atoms with Gasteiger partial charge in [0.1, 0.15) is 0 Å². The van der Waals surface area contributed by atoms with Gasteiger partial charge < -0.3 is 5.73 Å². The van der Waals surface area contributed by atoms with Gasteiger partial charge in [-0.05, 0) is 47.5 Å². The molecule has 2 N–H and O–H groups in total. The van der Waals surface area contributed by atoms with Crippen LogP contribution < -0.4 is 5.73 Å². The Kier molecular flexibility index (Phi) is 5.33.